The molecule has 2 heteroatoms. The largest absolute Gasteiger partial charge is 0.347 e. The van der Waals surface area contributed by atoms with Gasteiger partial charge in [0.2, 0.25) is 0 Å². The smallest absolute Gasteiger partial charge is 0.123 e. The van der Waals surface area contributed by atoms with E-state index in [9.17, 15) is 4.39 Å². The van der Waals surface area contributed by atoms with Gasteiger partial charge in [-0.2, -0.15) is 0 Å². The Morgan fingerprint density at radius 1 is 1.25 bits per heavy atom. The first-order chi connectivity index (χ1) is 7.69. The molecule has 1 heterocycles. The molecule has 0 fully saturated rings. The topological polar surface area (TPSA) is 4.93 Å². The Balaban J connectivity index is 2.74. The second-order valence-corrected chi connectivity index (χ2v) is 4.25. The van der Waals surface area contributed by atoms with Crippen LogP contribution in [0.15, 0.2) is 18.2 Å². The van der Waals surface area contributed by atoms with E-state index >= 15 is 0 Å². The molecule has 0 spiro atoms. The van der Waals surface area contributed by atoms with E-state index in [0.29, 0.717) is 0 Å². The highest BCUT2D eigenvalue weighted by atomic mass is 19.1. The Morgan fingerprint density at radius 3 is 2.62 bits per heavy atom. The Kier molecular flexibility index (Phi) is 2.99. The minimum atomic E-state index is -0.143. The molecule has 1 aromatic carbocycles. The summed E-state index contributed by atoms with van der Waals surface area (Å²) in [4.78, 5) is 0. The van der Waals surface area contributed by atoms with Gasteiger partial charge in [0, 0.05) is 23.6 Å². The molecule has 0 atom stereocenters. The number of hydrogen-bond donors (Lipinski definition) is 0. The highest BCUT2D eigenvalue weighted by Gasteiger charge is 2.13. The molecule has 0 radical (unpaired) electrons. The molecule has 0 N–H and O–H groups in total. The van der Waals surface area contributed by atoms with E-state index in [1.165, 1.54) is 17.3 Å². The summed E-state index contributed by atoms with van der Waals surface area (Å²) >= 11 is 0. The van der Waals surface area contributed by atoms with Crippen molar-refractivity contribution in [3.8, 4) is 0 Å². The number of aromatic nitrogens is 1. The van der Waals surface area contributed by atoms with Crippen molar-refractivity contribution in [1.29, 1.82) is 0 Å². The number of halogens is 1. The van der Waals surface area contributed by atoms with Gasteiger partial charge in [-0.1, -0.05) is 20.3 Å². The number of rotatable bonds is 3. The molecule has 0 aliphatic heterocycles. The minimum Gasteiger partial charge on any atom is -0.347 e. The third kappa shape index (κ3) is 1.62. The molecule has 0 saturated carbocycles. The van der Waals surface area contributed by atoms with Crippen LogP contribution in [0.25, 0.3) is 10.9 Å². The maximum atomic E-state index is 13.3. The van der Waals surface area contributed by atoms with Gasteiger partial charge < -0.3 is 4.57 Å². The summed E-state index contributed by atoms with van der Waals surface area (Å²) in [5.74, 6) is -0.143. The summed E-state index contributed by atoms with van der Waals surface area (Å²) in [5.41, 5.74) is 3.80. The number of aryl methyl sites for hydroxylation is 2. The molecule has 0 saturated heterocycles. The minimum absolute atomic E-state index is 0.143. The average molecular weight is 219 g/mol. The van der Waals surface area contributed by atoms with Crippen LogP contribution in [0.2, 0.25) is 0 Å². The number of nitrogens with zero attached hydrogens (tertiary/aromatic N) is 1. The van der Waals surface area contributed by atoms with Gasteiger partial charge in [0.15, 0.2) is 0 Å². The lowest BCUT2D eigenvalue weighted by Crippen LogP contribution is -1.98. The molecule has 0 bridgehead atoms. The number of fused-ring (bicyclic) bond motifs is 1. The zero-order valence-electron chi connectivity index (χ0n) is 10.2. The first-order valence-electron chi connectivity index (χ1n) is 5.94. The van der Waals surface area contributed by atoms with Crippen molar-refractivity contribution in [1.82, 2.24) is 4.57 Å². The standard InChI is InChI=1S/C14H18FN/c1-4-6-13-11(5-2)12-9-10(15)7-8-14(12)16(13)3/h7-9H,4-6H2,1-3H3. The van der Waals surface area contributed by atoms with E-state index in [1.54, 1.807) is 6.07 Å². The average Bonchev–Trinajstić information content (AvgIpc) is 2.52. The van der Waals surface area contributed by atoms with Crippen molar-refractivity contribution < 1.29 is 4.39 Å². The van der Waals surface area contributed by atoms with Crippen LogP contribution in [0.4, 0.5) is 4.39 Å². The van der Waals surface area contributed by atoms with Crippen LogP contribution in [0.3, 0.4) is 0 Å². The fourth-order valence-electron chi connectivity index (χ4n) is 2.50. The van der Waals surface area contributed by atoms with Gasteiger partial charge in [0.25, 0.3) is 0 Å². The van der Waals surface area contributed by atoms with E-state index in [4.69, 9.17) is 0 Å². The van der Waals surface area contributed by atoms with Crippen LogP contribution in [-0.2, 0) is 19.9 Å². The van der Waals surface area contributed by atoms with Crippen LogP contribution in [0, 0.1) is 5.82 Å². The normalized spacial score (nSPS) is 11.2. The van der Waals surface area contributed by atoms with Crippen LogP contribution in [-0.4, -0.2) is 4.57 Å². The maximum Gasteiger partial charge on any atom is 0.123 e. The molecule has 0 amide bonds. The lowest BCUT2D eigenvalue weighted by Gasteiger charge is -2.04. The Hall–Kier alpha value is -1.31. The second kappa shape index (κ2) is 4.28. The predicted octanol–water partition coefficient (Wildman–Crippen LogP) is 3.83. The molecule has 0 unspecified atom stereocenters. The van der Waals surface area contributed by atoms with E-state index in [2.05, 4.69) is 25.5 Å². The van der Waals surface area contributed by atoms with Crippen molar-refractivity contribution in [3.05, 3.63) is 35.3 Å². The summed E-state index contributed by atoms with van der Waals surface area (Å²) < 4.78 is 15.5. The Bertz CT molecular complexity index is 511. The van der Waals surface area contributed by atoms with Crippen molar-refractivity contribution in [2.75, 3.05) is 0 Å². The number of hydrogen-bond acceptors (Lipinski definition) is 0. The molecule has 86 valence electrons. The van der Waals surface area contributed by atoms with Gasteiger partial charge in [0.1, 0.15) is 5.82 Å². The summed E-state index contributed by atoms with van der Waals surface area (Å²) in [6, 6.07) is 5.08. The van der Waals surface area contributed by atoms with Gasteiger partial charge in [-0.25, -0.2) is 4.39 Å². The van der Waals surface area contributed by atoms with E-state index < -0.39 is 0 Å². The van der Waals surface area contributed by atoms with E-state index in [-0.39, 0.29) is 5.82 Å². The lowest BCUT2D eigenvalue weighted by atomic mass is 10.1. The second-order valence-electron chi connectivity index (χ2n) is 4.25. The summed E-state index contributed by atoms with van der Waals surface area (Å²) in [6.07, 6.45) is 3.16. The van der Waals surface area contributed by atoms with Crippen LogP contribution >= 0.6 is 0 Å². The van der Waals surface area contributed by atoms with Crippen LogP contribution in [0.1, 0.15) is 31.5 Å². The van der Waals surface area contributed by atoms with Crippen molar-refractivity contribution in [2.45, 2.75) is 33.1 Å². The third-order valence-electron chi connectivity index (χ3n) is 3.24. The predicted molar refractivity (Wildman–Crippen MR) is 66.3 cm³/mol. The van der Waals surface area contributed by atoms with Gasteiger partial charge in [-0.05, 0) is 36.6 Å². The van der Waals surface area contributed by atoms with Crippen LogP contribution in [0.5, 0.6) is 0 Å². The summed E-state index contributed by atoms with van der Waals surface area (Å²) in [7, 11) is 2.07. The Morgan fingerprint density at radius 2 is 2.00 bits per heavy atom. The first kappa shape index (κ1) is 11.2. The zero-order chi connectivity index (χ0) is 11.7. The Labute approximate surface area is 95.9 Å². The molecule has 1 nitrogen and oxygen atoms in total. The van der Waals surface area contributed by atoms with Crippen molar-refractivity contribution in [3.63, 3.8) is 0 Å². The molecule has 2 aromatic rings. The molecule has 1 aromatic heterocycles. The van der Waals surface area contributed by atoms with Gasteiger partial charge in [-0.3, -0.25) is 0 Å². The van der Waals surface area contributed by atoms with Crippen molar-refractivity contribution in [2.24, 2.45) is 7.05 Å². The van der Waals surface area contributed by atoms with Crippen molar-refractivity contribution >= 4 is 10.9 Å². The lowest BCUT2D eigenvalue weighted by molar-refractivity contribution is 0.629. The summed E-state index contributed by atoms with van der Waals surface area (Å²) in [6.45, 7) is 4.32. The SMILES string of the molecule is CCCc1c(CC)c2cc(F)ccc2n1C. The monoisotopic (exact) mass is 219 g/mol. The third-order valence-corrected chi connectivity index (χ3v) is 3.24. The first-order valence-corrected chi connectivity index (χ1v) is 5.94. The molecule has 0 aliphatic rings. The van der Waals surface area contributed by atoms with Crippen LogP contribution < -0.4 is 0 Å². The quantitative estimate of drug-likeness (QED) is 0.739. The maximum absolute atomic E-state index is 13.3. The van der Waals surface area contributed by atoms with Gasteiger partial charge >= 0.3 is 0 Å². The fraction of sp³-hybridized carbons (Fsp3) is 0.429. The number of benzene rings is 1. The van der Waals surface area contributed by atoms with E-state index in [0.717, 1.165) is 30.2 Å². The molecule has 0 aliphatic carbocycles. The van der Waals surface area contributed by atoms with Gasteiger partial charge in [-0.15, -0.1) is 0 Å². The zero-order valence-corrected chi connectivity index (χ0v) is 10.2. The molecule has 16 heavy (non-hydrogen) atoms. The molecule has 2 rings (SSSR count). The molecular weight excluding hydrogens is 201 g/mol. The summed E-state index contributed by atoms with van der Waals surface area (Å²) in [5, 5.41) is 1.08. The molecular formula is C14H18FN. The van der Waals surface area contributed by atoms with Gasteiger partial charge in [0.05, 0.1) is 0 Å². The fourth-order valence-corrected chi connectivity index (χ4v) is 2.50. The highest BCUT2D eigenvalue weighted by molar-refractivity contribution is 5.85. The highest BCUT2D eigenvalue weighted by Crippen LogP contribution is 2.27. The van der Waals surface area contributed by atoms with E-state index in [1.807, 2.05) is 6.07 Å².